The number of alkyl carbamates (subject to hydrolysis) is 1. The Hall–Kier alpha value is -4.15. The van der Waals surface area contributed by atoms with Gasteiger partial charge >= 0.3 is 6.09 Å². The van der Waals surface area contributed by atoms with Crippen LogP contribution in [-0.2, 0) is 27.4 Å². The van der Waals surface area contributed by atoms with Crippen LogP contribution in [-0.4, -0.2) is 29.7 Å². The number of amides is 1. The average molecular weight is 613 g/mol. The number of ether oxygens (including phenoxy) is 3. The quantitative estimate of drug-likeness (QED) is 0.0865. The van der Waals surface area contributed by atoms with Crippen molar-refractivity contribution in [2.75, 3.05) is 12.4 Å². The summed E-state index contributed by atoms with van der Waals surface area (Å²) in [5, 5.41) is 25.2. The Morgan fingerprint density at radius 1 is 1.00 bits per heavy atom. The molecular weight excluding hydrogens is 576 g/mol. The molecule has 0 spiro atoms. The van der Waals surface area contributed by atoms with Gasteiger partial charge in [0.25, 0.3) is 5.03 Å². The zero-order valence-corrected chi connectivity index (χ0v) is 25.3. The molecule has 0 unspecified atom stereocenters. The SMILES string of the molecule is C=CCOC(=O)NCc1cccc(-c2cccc([C@@H]3O[C@H](CSc4cccc[n+]4[O-])[C@H](C)[C@H](c4ccc(CO)cc4)O3)c2)c1. The minimum Gasteiger partial charge on any atom is -0.618 e. The Morgan fingerprint density at radius 2 is 1.77 bits per heavy atom. The lowest BCUT2D eigenvalue weighted by molar-refractivity contribution is -0.645. The first kappa shape index (κ1) is 31.3. The van der Waals surface area contributed by atoms with Gasteiger partial charge in [-0.05, 0) is 46.0 Å². The van der Waals surface area contributed by atoms with E-state index in [4.69, 9.17) is 14.2 Å². The number of pyridine rings is 1. The van der Waals surface area contributed by atoms with E-state index in [1.54, 1.807) is 6.07 Å². The number of hydrogen-bond donors (Lipinski definition) is 2. The standard InChI is InChI=1S/C35H36N2O6S/c1-3-18-41-35(39)36-21-26-8-6-9-28(19-26)29-10-7-11-30(20-29)34-42-31(23-44-32-12-4-5-17-37(32)40)24(2)33(43-34)27-15-13-25(22-38)14-16-27/h3-17,19-20,24,31,33-34,38H,1,18,21-23H2,2H3,(H,36,39)/t24-,31+,33+,34+/m0/s1. The number of nitrogens with one attached hydrogen (secondary N) is 1. The Kier molecular flexibility index (Phi) is 10.7. The second-order valence-corrected chi connectivity index (χ2v) is 11.6. The molecule has 9 heteroatoms. The van der Waals surface area contributed by atoms with Gasteiger partial charge in [0.05, 0.1) is 18.8 Å². The zero-order chi connectivity index (χ0) is 30.9. The van der Waals surface area contributed by atoms with E-state index in [-0.39, 0.29) is 31.3 Å². The number of aliphatic hydroxyl groups is 1. The average Bonchev–Trinajstić information content (AvgIpc) is 3.07. The summed E-state index contributed by atoms with van der Waals surface area (Å²) in [4.78, 5) is 11.9. The molecule has 1 aliphatic rings. The molecule has 2 heterocycles. The van der Waals surface area contributed by atoms with Crippen molar-refractivity contribution in [3.8, 4) is 11.1 Å². The van der Waals surface area contributed by atoms with Crippen LogP contribution in [0.4, 0.5) is 4.79 Å². The molecule has 0 radical (unpaired) electrons. The summed E-state index contributed by atoms with van der Waals surface area (Å²) in [7, 11) is 0. The van der Waals surface area contributed by atoms with Crippen LogP contribution in [0.15, 0.2) is 115 Å². The van der Waals surface area contributed by atoms with Gasteiger partial charge in [0.2, 0.25) is 0 Å². The van der Waals surface area contributed by atoms with Crippen LogP contribution in [0.25, 0.3) is 11.1 Å². The number of nitrogens with zero attached hydrogens (tertiary/aromatic N) is 1. The maximum Gasteiger partial charge on any atom is 0.407 e. The molecule has 1 saturated heterocycles. The molecule has 4 aromatic rings. The fourth-order valence-corrected chi connectivity index (χ4v) is 6.17. The van der Waals surface area contributed by atoms with Crippen molar-refractivity contribution in [3.63, 3.8) is 0 Å². The van der Waals surface area contributed by atoms with Gasteiger partial charge in [-0.1, -0.05) is 92.0 Å². The number of carbonyl (C=O) groups excluding carboxylic acids is 1. The molecule has 1 aliphatic heterocycles. The van der Waals surface area contributed by atoms with Crippen LogP contribution in [0.1, 0.15) is 41.6 Å². The van der Waals surface area contributed by atoms with Crippen molar-refractivity contribution in [1.82, 2.24) is 5.32 Å². The van der Waals surface area contributed by atoms with E-state index < -0.39 is 12.4 Å². The molecule has 0 aliphatic carbocycles. The molecule has 2 N–H and O–H groups in total. The maximum absolute atomic E-state index is 12.3. The Labute approximate surface area is 261 Å². The Bertz CT molecular complexity index is 1560. The second kappa shape index (κ2) is 15.0. The van der Waals surface area contributed by atoms with Gasteiger partial charge in [-0.3, -0.25) is 0 Å². The Balaban J connectivity index is 1.38. The van der Waals surface area contributed by atoms with E-state index in [0.717, 1.165) is 38.1 Å². The van der Waals surface area contributed by atoms with Gasteiger partial charge in [-0.25, -0.2) is 4.79 Å². The lowest BCUT2D eigenvalue weighted by Crippen LogP contribution is -2.39. The minimum absolute atomic E-state index is 0.00641. The minimum atomic E-state index is -0.640. The molecule has 0 bridgehead atoms. The van der Waals surface area contributed by atoms with E-state index in [1.807, 2.05) is 78.9 Å². The van der Waals surface area contributed by atoms with E-state index in [1.165, 1.54) is 24.0 Å². The molecule has 228 valence electrons. The van der Waals surface area contributed by atoms with Crippen molar-refractivity contribution in [2.24, 2.45) is 5.92 Å². The number of aromatic nitrogens is 1. The van der Waals surface area contributed by atoms with Crippen LogP contribution >= 0.6 is 11.8 Å². The van der Waals surface area contributed by atoms with Gasteiger partial charge in [-0.2, -0.15) is 4.73 Å². The van der Waals surface area contributed by atoms with Crippen molar-refractivity contribution in [3.05, 3.63) is 137 Å². The van der Waals surface area contributed by atoms with Gasteiger partial charge in [0, 0.05) is 35.9 Å². The molecule has 1 aromatic heterocycles. The molecule has 8 nitrogen and oxygen atoms in total. The number of thioether (sulfide) groups is 1. The lowest BCUT2D eigenvalue weighted by atomic mass is 9.91. The third-order valence-corrected chi connectivity index (χ3v) is 8.60. The largest absolute Gasteiger partial charge is 0.618 e. The molecule has 1 fully saturated rings. The van der Waals surface area contributed by atoms with Gasteiger partial charge in [0.1, 0.15) is 6.61 Å². The molecule has 3 aromatic carbocycles. The van der Waals surface area contributed by atoms with Crippen molar-refractivity contribution < 1.29 is 28.8 Å². The summed E-state index contributed by atoms with van der Waals surface area (Å²) >= 11 is 1.46. The molecule has 0 saturated carbocycles. The summed E-state index contributed by atoms with van der Waals surface area (Å²) < 4.78 is 19.1. The molecule has 44 heavy (non-hydrogen) atoms. The molecular formula is C35H36N2O6S. The maximum atomic E-state index is 12.3. The van der Waals surface area contributed by atoms with Gasteiger partial charge < -0.3 is 29.8 Å². The Morgan fingerprint density at radius 3 is 2.52 bits per heavy atom. The highest BCUT2D eigenvalue weighted by Gasteiger charge is 2.38. The van der Waals surface area contributed by atoms with Crippen LogP contribution in [0.3, 0.4) is 0 Å². The van der Waals surface area contributed by atoms with E-state index in [9.17, 15) is 15.1 Å². The van der Waals surface area contributed by atoms with Gasteiger partial charge in [-0.15, -0.1) is 0 Å². The highest BCUT2D eigenvalue weighted by Crippen LogP contribution is 2.43. The summed E-state index contributed by atoms with van der Waals surface area (Å²) in [6.07, 6.45) is 1.41. The normalized spacial score (nSPS) is 19.7. The molecule has 5 rings (SSSR count). The first-order chi connectivity index (χ1) is 21.4. The fraction of sp³-hybridized carbons (Fsp3) is 0.257. The van der Waals surface area contributed by atoms with Crippen molar-refractivity contribution >= 4 is 17.9 Å². The predicted molar refractivity (Wildman–Crippen MR) is 169 cm³/mol. The monoisotopic (exact) mass is 612 g/mol. The highest BCUT2D eigenvalue weighted by molar-refractivity contribution is 7.99. The lowest BCUT2D eigenvalue weighted by Gasteiger charge is -2.41. The van der Waals surface area contributed by atoms with Crippen LogP contribution in [0.5, 0.6) is 0 Å². The first-order valence-electron chi connectivity index (χ1n) is 14.5. The van der Waals surface area contributed by atoms with E-state index in [2.05, 4.69) is 24.9 Å². The van der Waals surface area contributed by atoms with Gasteiger partial charge in [0.15, 0.2) is 12.5 Å². The smallest absolute Gasteiger partial charge is 0.407 e. The number of hydrogen-bond acceptors (Lipinski definition) is 7. The number of aliphatic hydroxyl groups excluding tert-OH is 1. The predicted octanol–water partition coefficient (Wildman–Crippen LogP) is 6.48. The third-order valence-electron chi connectivity index (χ3n) is 7.50. The van der Waals surface area contributed by atoms with Crippen molar-refractivity contribution in [1.29, 1.82) is 0 Å². The summed E-state index contributed by atoms with van der Waals surface area (Å²) in [5.74, 6) is 0.565. The van der Waals surface area contributed by atoms with E-state index >= 15 is 0 Å². The highest BCUT2D eigenvalue weighted by atomic mass is 32.2. The number of carbonyl (C=O) groups is 1. The van der Waals surface area contributed by atoms with Crippen LogP contribution in [0, 0.1) is 11.1 Å². The first-order valence-corrected chi connectivity index (χ1v) is 15.5. The third kappa shape index (κ3) is 7.86. The van der Waals surface area contributed by atoms with Crippen molar-refractivity contribution in [2.45, 2.75) is 43.6 Å². The topological polar surface area (TPSA) is 104 Å². The number of benzene rings is 3. The summed E-state index contributed by atoms with van der Waals surface area (Å²) in [6.45, 7) is 6.11. The summed E-state index contributed by atoms with van der Waals surface area (Å²) in [6, 6.07) is 29.2. The molecule has 1 amide bonds. The zero-order valence-electron chi connectivity index (χ0n) is 24.5. The molecule has 4 atom stereocenters. The summed E-state index contributed by atoms with van der Waals surface area (Å²) in [5.41, 5.74) is 5.61. The fourth-order valence-electron chi connectivity index (χ4n) is 5.09. The van der Waals surface area contributed by atoms with Crippen LogP contribution in [0.2, 0.25) is 0 Å². The van der Waals surface area contributed by atoms with Crippen LogP contribution < -0.4 is 10.0 Å². The second-order valence-electron chi connectivity index (χ2n) is 10.6. The number of rotatable bonds is 11. The van der Waals surface area contributed by atoms with E-state index in [0.29, 0.717) is 17.3 Å².